The fourth-order valence-corrected chi connectivity index (χ4v) is 8.26. The van der Waals surface area contributed by atoms with Crippen LogP contribution in [0.15, 0.2) is 48.8 Å². The number of nitrogens with one attached hydrogen (secondary N) is 4. The number of piperidine rings is 2. The van der Waals surface area contributed by atoms with E-state index in [-0.39, 0.29) is 47.8 Å². The second kappa shape index (κ2) is 16.2. The molecule has 19 nitrogen and oxygen atoms in total. The average Bonchev–Trinajstić information content (AvgIpc) is 3.76. The number of anilines is 4. The van der Waals surface area contributed by atoms with Crippen molar-refractivity contribution in [1.29, 1.82) is 0 Å². The summed E-state index contributed by atoms with van der Waals surface area (Å²) in [5.41, 5.74) is 2.93. The van der Waals surface area contributed by atoms with E-state index in [0.717, 1.165) is 49.6 Å². The maximum absolute atomic E-state index is 13.3. The van der Waals surface area contributed by atoms with Crippen molar-refractivity contribution in [2.75, 3.05) is 62.4 Å². The third-order valence-corrected chi connectivity index (χ3v) is 11.5. The molecule has 1 atom stereocenters. The molecule has 0 bridgehead atoms. The summed E-state index contributed by atoms with van der Waals surface area (Å²) in [6.07, 6.45) is 4.03. The first-order valence-corrected chi connectivity index (χ1v) is 19.5. The van der Waals surface area contributed by atoms with Gasteiger partial charge in [-0.3, -0.25) is 43.7 Å². The van der Waals surface area contributed by atoms with Crippen molar-refractivity contribution in [3.05, 3.63) is 65.6 Å². The lowest BCUT2D eigenvalue weighted by atomic mass is 9.79. The number of imide groups is 2. The third-order valence-electron chi connectivity index (χ3n) is 11.5. The number of ether oxygens (including phenoxy) is 1. The van der Waals surface area contributed by atoms with Gasteiger partial charge in [-0.15, -0.1) is 10.2 Å². The number of fused-ring (bicyclic) bond motifs is 1. The van der Waals surface area contributed by atoms with Gasteiger partial charge >= 0.3 is 0 Å². The maximum Gasteiger partial charge on any atom is 0.273 e. The Bertz CT molecular complexity index is 2350. The highest BCUT2D eigenvalue weighted by atomic mass is 16.5. The minimum absolute atomic E-state index is 0.0311. The second-order valence-corrected chi connectivity index (χ2v) is 15.1. The molecule has 1 unspecified atom stereocenters. The smallest absolute Gasteiger partial charge is 0.273 e. The number of rotatable bonds is 12. The molecular weight excluding hydrogens is 761 g/mol. The maximum atomic E-state index is 13.3. The standard InChI is InChI=1S/C40H44N12O7/c1-41-38(56)34-29(43-28-6-4-5-26(35(28)59-3)36-42-21-49(2)48-36)18-31(46-47-34)44-33(54)13-16-50-14-11-22(12-15-50)23-19-51(20-23)24-7-8-25-27(17-24)40(58)52(39(25)57)30-9-10-32(53)45-37(30)55/h4-8,17-18,21-23,30H,9-16,19-20H2,1-3H3,(H,41,56)(H,45,53,55)(H2,43,44,46,54). The van der Waals surface area contributed by atoms with Gasteiger partial charge in [-0.25, -0.2) is 4.98 Å². The zero-order valence-corrected chi connectivity index (χ0v) is 32.9. The SMILES string of the molecule is CNC(=O)c1nnc(NC(=O)CCN2CCC(C3CN(c4ccc5c(c4)C(=O)N(C4CCC(=O)NC4=O)C5=O)C3)CC2)cc1Nc1cccc(-c2ncn(C)n2)c1OC. The lowest BCUT2D eigenvalue weighted by Crippen LogP contribution is -2.54. The molecule has 0 aliphatic carbocycles. The van der Waals surface area contributed by atoms with Crippen LogP contribution in [-0.4, -0.2) is 123 Å². The van der Waals surface area contributed by atoms with Gasteiger partial charge in [0.25, 0.3) is 17.7 Å². The molecule has 0 spiro atoms. The van der Waals surface area contributed by atoms with Gasteiger partial charge in [0.15, 0.2) is 23.1 Å². The van der Waals surface area contributed by atoms with E-state index in [4.69, 9.17) is 4.74 Å². The molecule has 2 aromatic heterocycles. The normalized spacial score (nSPS) is 18.7. The topological polar surface area (TPSA) is 226 Å². The Morgan fingerprint density at radius 3 is 2.41 bits per heavy atom. The summed E-state index contributed by atoms with van der Waals surface area (Å²) in [5.74, 6) is -0.625. The van der Waals surface area contributed by atoms with E-state index in [0.29, 0.717) is 46.9 Å². The first-order chi connectivity index (χ1) is 28.5. The molecule has 4 aromatic rings. The minimum atomic E-state index is -0.992. The zero-order chi connectivity index (χ0) is 41.4. The number of likely N-dealkylation sites (tertiary alicyclic amines) is 1. The monoisotopic (exact) mass is 804 g/mol. The molecule has 4 aliphatic heterocycles. The summed E-state index contributed by atoms with van der Waals surface area (Å²) in [6.45, 7) is 3.98. The van der Waals surface area contributed by atoms with Crippen molar-refractivity contribution in [2.45, 2.75) is 38.1 Å². The van der Waals surface area contributed by atoms with Crippen LogP contribution < -0.4 is 30.9 Å². The number of nitrogens with zero attached hydrogens (tertiary/aromatic N) is 8. The fraction of sp³-hybridized carbons (Fsp3) is 0.400. The van der Waals surface area contributed by atoms with Gasteiger partial charge in [0, 0.05) is 58.3 Å². The Morgan fingerprint density at radius 1 is 0.915 bits per heavy atom. The van der Waals surface area contributed by atoms with Crippen LogP contribution in [0.5, 0.6) is 5.75 Å². The molecule has 3 fully saturated rings. The van der Waals surface area contributed by atoms with Crippen LogP contribution in [0.4, 0.5) is 22.9 Å². The molecule has 0 saturated carbocycles. The van der Waals surface area contributed by atoms with E-state index >= 15 is 0 Å². The van der Waals surface area contributed by atoms with Crippen molar-refractivity contribution < 1.29 is 33.5 Å². The first kappa shape index (κ1) is 39.1. The summed E-state index contributed by atoms with van der Waals surface area (Å²) in [6, 6.07) is 11.2. The van der Waals surface area contributed by atoms with E-state index in [9.17, 15) is 28.8 Å². The van der Waals surface area contributed by atoms with Gasteiger partial charge < -0.3 is 30.5 Å². The summed E-state index contributed by atoms with van der Waals surface area (Å²) in [5, 5.41) is 23.5. The number of carbonyl (C=O) groups is 6. The number of methoxy groups -OCH3 is 1. The summed E-state index contributed by atoms with van der Waals surface area (Å²) < 4.78 is 7.30. The van der Waals surface area contributed by atoms with E-state index in [1.165, 1.54) is 14.2 Å². The number of carbonyl (C=O) groups excluding carboxylic acids is 6. The molecule has 6 heterocycles. The second-order valence-electron chi connectivity index (χ2n) is 15.1. The van der Waals surface area contributed by atoms with Gasteiger partial charge in [-0.05, 0) is 74.5 Å². The van der Waals surface area contributed by atoms with Gasteiger partial charge in [0.05, 0.1) is 35.2 Å². The Balaban J connectivity index is 0.822. The quantitative estimate of drug-likeness (QED) is 0.150. The highest BCUT2D eigenvalue weighted by Gasteiger charge is 2.45. The molecule has 306 valence electrons. The highest BCUT2D eigenvalue weighted by Crippen LogP contribution is 2.39. The first-order valence-electron chi connectivity index (χ1n) is 19.5. The lowest BCUT2D eigenvalue weighted by molar-refractivity contribution is -0.136. The molecule has 2 aromatic carbocycles. The number of hydrogen-bond acceptors (Lipinski definition) is 14. The molecular formula is C40H44N12O7. The van der Waals surface area contributed by atoms with Crippen LogP contribution in [-0.2, 0) is 21.4 Å². The number of para-hydroxylation sites is 1. The predicted octanol–water partition coefficient (Wildman–Crippen LogP) is 1.96. The Hall–Kier alpha value is -6.76. The van der Waals surface area contributed by atoms with Crippen LogP contribution in [0.25, 0.3) is 11.4 Å². The summed E-state index contributed by atoms with van der Waals surface area (Å²) in [7, 11) is 4.79. The number of benzene rings is 2. The van der Waals surface area contributed by atoms with Crippen molar-refractivity contribution in [3.63, 3.8) is 0 Å². The number of hydrogen-bond donors (Lipinski definition) is 4. The molecule has 4 aliphatic rings. The predicted molar refractivity (Wildman–Crippen MR) is 213 cm³/mol. The van der Waals surface area contributed by atoms with Crippen LogP contribution in [0.2, 0.25) is 0 Å². The van der Waals surface area contributed by atoms with Crippen LogP contribution in [0.3, 0.4) is 0 Å². The minimum Gasteiger partial charge on any atom is -0.494 e. The Morgan fingerprint density at radius 2 is 1.69 bits per heavy atom. The van der Waals surface area contributed by atoms with E-state index in [2.05, 4.69) is 51.3 Å². The van der Waals surface area contributed by atoms with E-state index in [1.54, 1.807) is 42.3 Å². The summed E-state index contributed by atoms with van der Waals surface area (Å²) in [4.78, 5) is 86.1. The molecule has 3 saturated heterocycles. The lowest BCUT2D eigenvalue weighted by Gasteiger charge is -2.47. The number of aryl methyl sites for hydroxylation is 1. The largest absolute Gasteiger partial charge is 0.494 e. The number of aromatic nitrogens is 5. The zero-order valence-electron chi connectivity index (χ0n) is 32.9. The van der Waals surface area contributed by atoms with Gasteiger partial charge in [0.2, 0.25) is 17.7 Å². The van der Waals surface area contributed by atoms with E-state index < -0.39 is 35.6 Å². The van der Waals surface area contributed by atoms with Crippen molar-refractivity contribution in [2.24, 2.45) is 18.9 Å². The summed E-state index contributed by atoms with van der Waals surface area (Å²) >= 11 is 0. The van der Waals surface area contributed by atoms with Gasteiger partial charge in [-0.1, -0.05) is 6.07 Å². The van der Waals surface area contributed by atoms with Crippen LogP contribution in [0, 0.1) is 11.8 Å². The third kappa shape index (κ3) is 7.80. The van der Waals surface area contributed by atoms with Crippen LogP contribution >= 0.6 is 0 Å². The van der Waals surface area contributed by atoms with Gasteiger partial charge in [0.1, 0.15) is 12.4 Å². The fourth-order valence-electron chi connectivity index (χ4n) is 8.26. The average molecular weight is 805 g/mol. The van der Waals surface area contributed by atoms with E-state index in [1.807, 2.05) is 18.2 Å². The molecule has 19 heteroatoms. The van der Waals surface area contributed by atoms with Crippen LogP contribution in [0.1, 0.15) is 63.3 Å². The van der Waals surface area contributed by atoms with Gasteiger partial charge in [-0.2, -0.15) is 5.10 Å². The molecule has 6 amide bonds. The Kier molecular flexibility index (Phi) is 10.8. The van der Waals surface area contributed by atoms with Crippen molar-refractivity contribution >= 4 is 58.3 Å². The van der Waals surface area contributed by atoms with Crippen molar-refractivity contribution in [1.82, 2.24) is 45.4 Å². The highest BCUT2D eigenvalue weighted by molar-refractivity contribution is 6.23. The molecule has 59 heavy (non-hydrogen) atoms. The Labute approximate surface area is 338 Å². The number of amides is 6. The molecule has 4 N–H and O–H groups in total. The molecule has 0 radical (unpaired) electrons. The van der Waals surface area contributed by atoms with Crippen molar-refractivity contribution in [3.8, 4) is 17.1 Å². The molecule has 8 rings (SSSR count).